The molecule has 7 heteroatoms. The van der Waals surface area contributed by atoms with E-state index < -0.39 is 0 Å². The van der Waals surface area contributed by atoms with E-state index in [1.54, 1.807) is 12.1 Å². The van der Waals surface area contributed by atoms with Crippen molar-refractivity contribution in [1.29, 1.82) is 0 Å². The third-order valence-electron chi connectivity index (χ3n) is 7.05. The Hall–Kier alpha value is -2.18. The maximum atomic E-state index is 12.9. The molecule has 32 heavy (non-hydrogen) atoms. The predicted octanol–water partition coefficient (Wildman–Crippen LogP) is 5.31. The van der Waals surface area contributed by atoms with E-state index in [0.717, 1.165) is 43.5 Å². The van der Waals surface area contributed by atoms with Crippen LogP contribution in [0, 0.1) is 5.92 Å². The number of halogens is 1. The number of thiophene rings is 1. The highest BCUT2D eigenvalue weighted by Gasteiger charge is 2.32. The van der Waals surface area contributed by atoms with Crippen molar-refractivity contribution < 1.29 is 4.79 Å². The summed E-state index contributed by atoms with van der Waals surface area (Å²) in [5.74, 6) is 3.50. The SMILES string of the molecule is C[C@@H]1CCc2c(sc3nc(C4CC4)nc(N4CCN(C(=O)c5ccc(Cl)cc5)CC4)c23)C1. The second-order valence-electron chi connectivity index (χ2n) is 9.50. The number of carbonyl (C=O) groups is 1. The van der Waals surface area contributed by atoms with Gasteiger partial charge in [-0.15, -0.1) is 11.3 Å². The lowest BCUT2D eigenvalue weighted by Crippen LogP contribution is -2.49. The van der Waals surface area contributed by atoms with Crippen molar-refractivity contribution in [3.8, 4) is 0 Å². The van der Waals surface area contributed by atoms with Gasteiger partial charge in [0.1, 0.15) is 16.5 Å². The van der Waals surface area contributed by atoms with Gasteiger partial charge >= 0.3 is 0 Å². The molecule has 1 atom stereocenters. The van der Waals surface area contributed by atoms with Gasteiger partial charge in [-0.2, -0.15) is 0 Å². The van der Waals surface area contributed by atoms with Gasteiger partial charge in [-0.25, -0.2) is 9.97 Å². The fourth-order valence-electron chi connectivity index (χ4n) is 4.99. The molecule has 1 saturated heterocycles. The van der Waals surface area contributed by atoms with Crippen molar-refractivity contribution in [3.63, 3.8) is 0 Å². The Morgan fingerprint density at radius 2 is 1.81 bits per heavy atom. The number of nitrogens with zero attached hydrogens (tertiary/aromatic N) is 4. The molecule has 0 spiro atoms. The van der Waals surface area contributed by atoms with E-state index in [0.29, 0.717) is 29.6 Å². The van der Waals surface area contributed by atoms with Gasteiger partial charge in [-0.05, 0) is 67.9 Å². The topological polar surface area (TPSA) is 49.3 Å². The second kappa shape index (κ2) is 7.99. The first kappa shape index (κ1) is 20.4. The molecule has 2 aliphatic carbocycles. The van der Waals surface area contributed by atoms with Gasteiger partial charge < -0.3 is 9.80 Å². The number of hydrogen-bond donors (Lipinski definition) is 0. The van der Waals surface area contributed by atoms with Crippen molar-refractivity contribution in [2.75, 3.05) is 31.1 Å². The Morgan fingerprint density at radius 1 is 1.06 bits per heavy atom. The maximum Gasteiger partial charge on any atom is 0.253 e. The van der Waals surface area contributed by atoms with Crippen LogP contribution in [0.15, 0.2) is 24.3 Å². The van der Waals surface area contributed by atoms with Crippen LogP contribution in [0.25, 0.3) is 10.2 Å². The van der Waals surface area contributed by atoms with Crippen LogP contribution in [-0.4, -0.2) is 47.0 Å². The molecule has 1 amide bonds. The zero-order chi connectivity index (χ0) is 21.8. The summed E-state index contributed by atoms with van der Waals surface area (Å²) in [4.78, 5) is 30.1. The zero-order valence-electron chi connectivity index (χ0n) is 18.3. The van der Waals surface area contributed by atoms with Crippen LogP contribution in [-0.2, 0) is 12.8 Å². The molecule has 6 rings (SSSR count). The average molecular weight is 467 g/mol. The lowest BCUT2D eigenvalue weighted by Gasteiger charge is -2.36. The molecule has 1 aromatic carbocycles. The minimum atomic E-state index is 0.0784. The highest BCUT2D eigenvalue weighted by atomic mass is 35.5. The van der Waals surface area contributed by atoms with Crippen LogP contribution in [0.2, 0.25) is 5.02 Å². The number of amides is 1. The highest BCUT2D eigenvalue weighted by Crippen LogP contribution is 2.44. The number of hydrogen-bond acceptors (Lipinski definition) is 5. The summed E-state index contributed by atoms with van der Waals surface area (Å²) < 4.78 is 0. The number of benzene rings is 1. The van der Waals surface area contributed by atoms with Gasteiger partial charge in [-0.1, -0.05) is 18.5 Å². The van der Waals surface area contributed by atoms with Crippen LogP contribution < -0.4 is 4.90 Å². The largest absolute Gasteiger partial charge is 0.352 e. The van der Waals surface area contributed by atoms with Crippen molar-refractivity contribution in [2.45, 2.75) is 44.9 Å². The average Bonchev–Trinajstić information content (AvgIpc) is 3.59. The maximum absolute atomic E-state index is 12.9. The molecular weight excluding hydrogens is 440 g/mol. The first-order chi connectivity index (χ1) is 15.6. The molecule has 3 heterocycles. The standard InChI is InChI=1S/C25H27ClN4OS/c1-15-2-9-19-20(14-15)32-24-21(19)23(27-22(28-24)16-3-4-16)29-10-12-30(13-11-29)25(31)17-5-7-18(26)8-6-17/h5-8,15-16H,2-4,9-14H2,1H3/t15-/m1/s1. The van der Waals surface area contributed by atoms with Gasteiger partial charge in [0.15, 0.2) is 0 Å². The molecule has 5 nitrogen and oxygen atoms in total. The van der Waals surface area contributed by atoms with E-state index in [-0.39, 0.29) is 5.91 Å². The molecule has 0 bridgehead atoms. The highest BCUT2D eigenvalue weighted by molar-refractivity contribution is 7.19. The Morgan fingerprint density at radius 3 is 2.53 bits per heavy atom. The van der Waals surface area contributed by atoms with E-state index in [1.165, 1.54) is 39.9 Å². The Bertz CT molecular complexity index is 1180. The minimum absolute atomic E-state index is 0.0784. The third-order valence-corrected chi connectivity index (χ3v) is 8.45. The number of anilines is 1. The summed E-state index contributed by atoms with van der Waals surface area (Å²) in [5.41, 5.74) is 2.18. The molecule has 2 aromatic heterocycles. The molecule has 0 unspecified atom stereocenters. The Balaban J connectivity index is 1.29. The molecule has 0 N–H and O–H groups in total. The predicted molar refractivity (Wildman–Crippen MR) is 130 cm³/mol. The van der Waals surface area contributed by atoms with Crippen molar-refractivity contribution in [3.05, 3.63) is 51.1 Å². The minimum Gasteiger partial charge on any atom is -0.352 e. The monoisotopic (exact) mass is 466 g/mol. The van der Waals surface area contributed by atoms with Crippen molar-refractivity contribution >= 4 is 44.9 Å². The van der Waals surface area contributed by atoms with Crippen molar-refractivity contribution in [2.24, 2.45) is 5.92 Å². The number of carbonyl (C=O) groups excluding carboxylic acids is 1. The second-order valence-corrected chi connectivity index (χ2v) is 11.0. The lowest BCUT2D eigenvalue weighted by molar-refractivity contribution is 0.0746. The van der Waals surface area contributed by atoms with Gasteiger partial charge in [0.05, 0.1) is 5.39 Å². The quantitative estimate of drug-likeness (QED) is 0.525. The first-order valence-electron chi connectivity index (χ1n) is 11.7. The zero-order valence-corrected chi connectivity index (χ0v) is 19.9. The number of aryl methyl sites for hydroxylation is 1. The third kappa shape index (κ3) is 3.67. The van der Waals surface area contributed by atoms with E-state index in [1.807, 2.05) is 28.4 Å². The van der Waals surface area contributed by atoms with Crippen molar-refractivity contribution in [1.82, 2.24) is 14.9 Å². The summed E-state index contributed by atoms with van der Waals surface area (Å²) >= 11 is 7.87. The van der Waals surface area contributed by atoms with E-state index in [2.05, 4.69) is 11.8 Å². The summed E-state index contributed by atoms with van der Waals surface area (Å²) in [7, 11) is 0. The fraction of sp³-hybridized carbons (Fsp3) is 0.480. The Labute approximate surface area is 197 Å². The van der Waals surface area contributed by atoms with E-state index >= 15 is 0 Å². The van der Waals surface area contributed by atoms with Crippen LogP contribution in [0.4, 0.5) is 5.82 Å². The fourth-order valence-corrected chi connectivity index (χ4v) is 6.50. The Kier molecular flexibility index (Phi) is 5.10. The number of fused-ring (bicyclic) bond motifs is 3. The number of rotatable bonds is 3. The van der Waals surface area contributed by atoms with Gasteiger partial charge in [0, 0.05) is 47.6 Å². The van der Waals surface area contributed by atoms with Gasteiger partial charge in [0.25, 0.3) is 5.91 Å². The summed E-state index contributed by atoms with van der Waals surface area (Å²) in [6.45, 7) is 5.36. The summed E-state index contributed by atoms with van der Waals surface area (Å²) in [6.07, 6.45) is 5.95. The number of piperazine rings is 1. The lowest BCUT2D eigenvalue weighted by atomic mass is 9.89. The molecule has 1 aliphatic heterocycles. The van der Waals surface area contributed by atoms with E-state index in [9.17, 15) is 4.79 Å². The van der Waals surface area contributed by atoms with Gasteiger partial charge in [0.2, 0.25) is 0 Å². The van der Waals surface area contributed by atoms with E-state index in [4.69, 9.17) is 21.6 Å². The summed E-state index contributed by atoms with van der Waals surface area (Å²) in [6, 6.07) is 7.18. The molecule has 3 aromatic rings. The first-order valence-corrected chi connectivity index (χ1v) is 12.9. The summed E-state index contributed by atoms with van der Waals surface area (Å²) in [5, 5.41) is 1.94. The molecule has 1 saturated carbocycles. The normalized spacial score (nSPS) is 21.1. The molecule has 0 radical (unpaired) electrons. The molecule has 3 aliphatic rings. The molecule has 2 fully saturated rings. The molecular formula is C25H27ClN4OS. The van der Waals surface area contributed by atoms with Crippen LogP contribution in [0.3, 0.4) is 0 Å². The van der Waals surface area contributed by atoms with Crippen LogP contribution >= 0.6 is 22.9 Å². The number of aromatic nitrogens is 2. The molecule has 166 valence electrons. The van der Waals surface area contributed by atoms with Crippen LogP contribution in [0.1, 0.15) is 58.7 Å². The van der Waals surface area contributed by atoms with Gasteiger partial charge in [-0.3, -0.25) is 4.79 Å². The van der Waals surface area contributed by atoms with Crippen LogP contribution in [0.5, 0.6) is 0 Å². The smallest absolute Gasteiger partial charge is 0.253 e.